The number of phenols is 2. The van der Waals surface area contributed by atoms with E-state index in [1.807, 2.05) is 24.3 Å². The van der Waals surface area contributed by atoms with Gasteiger partial charge in [-0.25, -0.2) is 0 Å². The molecule has 0 atom stereocenters. The maximum Gasteiger partial charge on any atom is 0.115 e. The maximum absolute atomic E-state index is 9.84. The molecule has 2 rings (SSSR count). The molecule has 0 aromatic heterocycles. The lowest BCUT2D eigenvalue weighted by molar-refractivity contribution is 0.467. The molecule has 0 unspecified atom stereocenters. The van der Waals surface area contributed by atoms with Crippen LogP contribution in [0.15, 0.2) is 42.5 Å². The lowest BCUT2D eigenvalue weighted by Crippen LogP contribution is -2.25. The fourth-order valence-corrected chi connectivity index (χ4v) is 2.73. The van der Waals surface area contributed by atoms with E-state index in [2.05, 4.69) is 34.6 Å². The van der Waals surface area contributed by atoms with Gasteiger partial charge in [0.2, 0.25) is 0 Å². The van der Waals surface area contributed by atoms with Gasteiger partial charge in [0.25, 0.3) is 0 Å². The summed E-state index contributed by atoms with van der Waals surface area (Å²) in [7, 11) is 0. The summed E-state index contributed by atoms with van der Waals surface area (Å²) in [5.41, 5.74) is 3.21. The number of aromatic hydroxyl groups is 2. The molecular formula is C19H24O2. The zero-order chi connectivity index (χ0) is 15.8. The topological polar surface area (TPSA) is 40.5 Å². The molecule has 21 heavy (non-hydrogen) atoms. The highest BCUT2D eigenvalue weighted by atomic mass is 16.3. The number of phenolic OH excluding ortho intramolecular Hbond substituents is 2. The van der Waals surface area contributed by atoms with Crippen LogP contribution in [0.5, 0.6) is 11.5 Å². The summed E-state index contributed by atoms with van der Waals surface area (Å²) >= 11 is 0. The lowest BCUT2D eigenvalue weighted by Gasteiger charge is -2.33. The molecule has 0 radical (unpaired) electrons. The van der Waals surface area contributed by atoms with Crippen molar-refractivity contribution in [2.24, 2.45) is 0 Å². The molecule has 2 heteroatoms. The highest BCUT2D eigenvalue weighted by Gasteiger charge is 2.30. The first-order valence-electron chi connectivity index (χ1n) is 7.26. The van der Waals surface area contributed by atoms with Gasteiger partial charge in [-0.3, -0.25) is 0 Å². The monoisotopic (exact) mass is 284 g/mol. The van der Waals surface area contributed by atoms with E-state index in [0.717, 1.165) is 11.1 Å². The van der Waals surface area contributed by atoms with Crippen molar-refractivity contribution in [1.29, 1.82) is 0 Å². The first kappa shape index (κ1) is 15.4. The van der Waals surface area contributed by atoms with Gasteiger partial charge in [-0.1, -0.05) is 52.8 Å². The Labute approximate surface area is 127 Å². The fourth-order valence-electron chi connectivity index (χ4n) is 2.73. The number of hydrogen-bond donors (Lipinski definition) is 2. The third kappa shape index (κ3) is 3.05. The van der Waals surface area contributed by atoms with Crippen LogP contribution in [0.25, 0.3) is 0 Å². The van der Waals surface area contributed by atoms with Crippen molar-refractivity contribution in [3.63, 3.8) is 0 Å². The van der Waals surface area contributed by atoms with E-state index in [1.165, 1.54) is 5.56 Å². The Bertz CT molecular complexity index is 632. The summed E-state index contributed by atoms with van der Waals surface area (Å²) in [6, 6.07) is 12.9. The van der Waals surface area contributed by atoms with Crippen molar-refractivity contribution < 1.29 is 10.2 Å². The Hall–Kier alpha value is -1.96. The third-order valence-electron chi connectivity index (χ3n) is 4.07. The van der Waals surface area contributed by atoms with Gasteiger partial charge in [-0.15, -0.1) is 0 Å². The summed E-state index contributed by atoms with van der Waals surface area (Å²) < 4.78 is 0. The van der Waals surface area contributed by atoms with Gasteiger partial charge in [0.1, 0.15) is 11.5 Å². The summed E-state index contributed by atoms with van der Waals surface area (Å²) in [5.74, 6) is 0.571. The number of hydrogen-bond acceptors (Lipinski definition) is 2. The van der Waals surface area contributed by atoms with Crippen molar-refractivity contribution in [2.45, 2.75) is 45.4 Å². The van der Waals surface area contributed by atoms with Gasteiger partial charge in [0, 0.05) is 5.41 Å². The summed E-state index contributed by atoms with van der Waals surface area (Å²) in [5, 5.41) is 19.3. The molecule has 2 nitrogen and oxygen atoms in total. The number of rotatable bonds is 2. The van der Waals surface area contributed by atoms with Crippen LogP contribution in [0.1, 0.15) is 51.3 Å². The van der Waals surface area contributed by atoms with Gasteiger partial charge in [-0.2, -0.15) is 0 Å². The Balaban J connectivity index is 2.62. The molecule has 112 valence electrons. The largest absolute Gasteiger partial charge is 0.508 e. The Kier molecular flexibility index (Phi) is 3.75. The molecule has 2 aromatic carbocycles. The quantitative estimate of drug-likeness (QED) is 0.837. The van der Waals surface area contributed by atoms with Crippen molar-refractivity contribution in [1.82, 2.24) is 0 Å². The highest BCUT2D eigenvalue weighted by Crippen LogP contribution is 2.40. The molecule has 0 fully saturated rings. The van der Waals surface area contributed by atoms with E-state index >= 15 is 0 Å². The minimum Gasteiger partial charge on any atom is -0.508 e. The molecule has 0 saturated heterocycles. The second-order valence-electron chi connectivity index (χ2n) is 7.15. The van der Waals surface area contributed by atoms with Gasteiger partial charge in [0.15, 0.2) is 0 Å². The van der Waals surface area contributed by atoms with E-state index in [4.69, 9.17) is 0 Å². The van der Waals surface area contributed by atoms with Crippen LogP contribution < -0.4 is 0 Å². The molecule has 2 aromatic rings. The molecule has 0 heterocycles. The van der Waals surface area contributed by atoms with E-state index in [0.29, 0.717) is 5.75 Å². The van der Waals surface area contributed by atoms with Crippen molar-refractivity contribution >= 4 is 0 Å². The highest BCUT2D eigenvalue weighted by molar-refractivity contribution is 5.48. The smallest absolute Gasteiger partial charge is 0.115 e. The minimum absolute atomic E-state index is 0.0533. The number of benzene rings is 2. The van der Waals surface area contributed by atoms with Gasteiger partial charge >= 0.3 is 0 Å². The van der Waals surface area contributed by atoms with Crippen molar-refractivity contribution in [3.05, 3.63) is 59.2 Å². The molecular weight excluding hydrogens is 260 g/mol. The summed E-state index contributed by atoms with van der Waals surface area (Å²) in [6.07, 6.45) is 0. The van der Waals surface area contributed by atoms with Crippen molar-refractivity contribution in [2.75, 3.05) is 0 Å². The minimum atomic E-state index is -0.204. The molecule has 0 aliphatic rings. The zero-order valence-electron chi connectivity index (χ0n) is 13.4. The van der Waals surface area contributed by atoms with E-state index in [1.54, 1.807) is 18.2 Å². The van der Waals surface area contributed by atoms with Crippen LogP contribution >= 0.6 is 0 Å². The molecule has 2 N–H and O–H groups in total. The second-order valence-corrected chi connectivity index (χ2v) is 7.15. The second kappa shape index (κ2) is 5.10. The zero-order valence-corrected chi connectivity index (χ0v) is 13.4. The van der Waals surface area contributed by atoms with Crippen LogP contribution in [-0.2, 0) is 10.8 Å². The predicted molar refractivity (Wildman–Crippen MR) is 87.0 cm³/mol. The molecule has 0 aliphatic carbocycles. The predicted octanol–water partition coefficient (Wildman–Crippen LogP) is 4.72. The van der Waals surface area contributed by atoms with Crippen LogP contribution in [0.4, 0.5) is 0 Å². The Morgan fingerprint density at radius 3 is 1.71 bits per heavy atom. The van der Waals surface area contributed by atoms with Crippen LogP contribution in [0, 0.1) is 0 Å². The van der Waals surface area contributed by atoms with Gasteiger partial charge < -0.3 is 10.2 Å². The lowest BCUT2D eigenvalue weighted by atomic mass is 9.71. The van der Waals surface area contributed by atoms with Gasteiger partial charge in [-0.05, 0) is 46.4 Å². The van der Waals surface area contributed by atoms with Crippen LogP contribution in [-0.4, -0.2) is 10.2 Å². The molecule has 0 spiro atoms. The normalized spacial score (nSPS) is 12.4. The molecule has 0 amide bonds. The van der Waals surface area contributed by atoms with Crippen LogP contribution in [0.2, 0.25) is 0 Å². The van der Waals surface area contributed by atoms with Crippen molar-refractivity contribution in [3.8, 4) is 11.5 Å². The molecule has 0 aliphatic heterocycles. The Morgan fingerprint density at radius 1 is 0.667 bits per heavy atom. The SMILES string of the molecule is CC(C)(C)c1cc(O)ccc1C(C)(C)c1ccc(O)cc1. The summed E-state index contributed by atoms with van der Waals surface area (Å²) in [6.45, 7) is 10.8. The van der Waals surface area contributed by atoms with Gasteiger partial charge in [0.05, 0.1) is 0 Å². The standard InChI is InChI=1S/C19H24O2/c1-18(2,3)17-12-15(21)10-11-16(17)19(4,5)13-6-8-14(20)9-7-13/h6-12,20-21H,1-5H3. The third-order valence-corrected chi connectivity index (χ3v) is 4.07. The molecule has 0 saturated carbocycles. The average molecular weight is 284 g/mol. The average Bonchev–Trinajstić information content (AvgIpc) is 2.38. The van der Waals surface area contributed by atoms with E-state index in [-0.39, 0.29) is 16.6 Å². The maximum atomic E-state index is 9.84. The summed E-state index contributed by atoms with van der Waals surface area (Å²) in [4.78, 5) is 0. The fraction of sp³-hybridized carbons (Fsp3) is 0.368. The first-order chi connectivity index (χ1) is 9.62. The van der Waals surface area contributed by atoms with Crippen LogP contribution in [0.3, 0.4) is 0 Å². The van der Waals surface area contributed by atoms with E-state index in [9.17, 15) is 10.2 Å². The first-order valence-corrected chi connectivity index (χ1v) is 7.26. The Morgan fingerprint density at radius 2 is 1.19 bits per heavy atom. The molecule has 0 bridgehead atoms. The van der Waals surface area contributed by atoms with E-state index < -0.39 is 0 Å².